The summed E-state index contributed by atoms with van der Waals surface area (Å²) in [6.45, 7) is 2.77. The number of aryl methyl sites for hydroxylation is 1. The van der Waals surface area contributed by atoms with Gasteiger partial charge in [0.25, 0.3) is 17.0 Å². The van der Waals surface area contributed by atoms with Gasteiger partial charge in [-0.15, -0.1) is 11.3 Å². The first-order valence-electron chi connectivity index (χ1n) is 9.15. The molecule has 1 amide bonds. The van der Waals surface area contributed by atoms with Crippen LogP contribution in [-0.4, -0.2) is 38.8 Å². The summed E-state index contributed by atoms with van der Waals surface area (Å²) >= 11 is 1.53. The van der Waals surface area contributed by atoms with Gasteiger partial charge in [0.05, 0.1) is 10.6 Å². The summed E-state index contributed by atoms with van der Waals surface area (Å²) in [5, 5.41) is 1.94. The molecule has 0 aromatic carbocycles. The molecular formula is C20H20N4O3S. The van der Waals surface area contributed by atoms with E-state index in [2.05, 4.69) is 15.0 Å². The Morgan fingerprint density at radius 1 is 1.25 bits per heavy atom. The molecule has 3 aromatic rings. The molecule has 1 fully saturated rings. The Hall–Kier alpha value is -3.00. The van der Waals surface area contributed by atoms with Crippen LogP contribution in [0.25, 0.3) is 10.6 Å². The van der Waals surface area contributed by atoms with E-state index in [-0.39, 0.29) is 28.5 Å². The SMILES string of the molecule is Cc1ccc(C(=O)N2CCCC(c3nc(-c4cccs4)cc(=O)[nH]3)C2)c(=O)[nH]1. The van der Waals surface area contributed by atoms with Crippen LogP contribution < -0.4 is 11.1 Å². The number of amides is 1. The average molecular weight is 396 g/mol. The highest BCUT2D eigenvalue weighted by Gasteiger charge is 2.28. The fourth-order valence-electron chi connectivity index (χ4n) is 3.52. The van der Waals surface area contributed by atoms with Crippen molar-refractivity contribution in [2.45, 2.75) is 25.7 Å². The van der Waals surface area contributed by atoms with Gasteiger partial charge in [-0.2, -0.15) is 0 Å². The van der Waals surface area contributed by atoms with Crippen molar-refractivity contribution in [1.82, 2.24) is 19.9 Å². The van der Waals surface area contributed by atoms with Gasteiger partial charge in [-0.05, 0) is 43.3 Å². The van der Waals surface area contributed by atoms with Gasteiger partial charge in [0.1, 0.15) is 11.4 Å². The Morgan fingerprint density at radius 3 is 2.86 bits per heavy atom. The lowest BCUT2D eigenvalue weighted by molar-refractivity contribution is 0.0702. The van der Waals surface area contributed by atoms with Crippen molar-refractivity contribution in [3.05, 3.63) is 73.5 Å². The summed E-state index contributed by atoms with van der Waals surface area (Å²) in [4.78, 5) is 49.9. The second-order valence-corrected chi connectivity index (χ2v) is 7.92. The van der Waals surface area contributed by atoms with Crippen LogP contribution in [0.15, 0.2) is 45.3 Å². The van der Waals surface area contributed by atoms with Crippen LogP contribution in [0.2, 0.25) is 0 Å². The molecule has 1 saturated heterocycles. The number of thiophene rings is 1. The van der Waals surface area contributed by atoms with Crippen molar-refractivity contribution < 1.29 is 4.79 Å². The Morgan fingerprint density at radius 2 is 2.11 bits per heavy atom. The molecule has 4 rings (SSSR count). The minimum absolute atomic E-state index is 0.0742. The van der Waals surface area contributed by atoms with Gasteiger partial charge < -0.3 is 14.9 Å². The largest absolute Gasteiger partial charge is 0.338 e. The zero-order valence-corrected chi connectivity index (χ0v) is 16.2. The highest BCUT2D eigenvalue weighted by atomic mass is 32.1. The molecule has 0 spiro atoms. The van der Waals surface area contributed by atoms with Crippen molar-refractivity contribution in [2.24, 2.45) is 0 Å². The fourth-order valence-corrected chi connectivity index (χ4v) is 4.20. The number of nitrogens with one attached hydrogen (secondary N) is 2. The standard InChI is InChI=1S/C20H20N4O3S/c1-12-6-7-14(19(26)21-12)20(27)24-8-2-4-13(11-24)18-22-15(10-17(25)23-18)16-5-3-9-28-16/h3,5-7,9-10,13H,2,4,8,11H2,1H3,(H,21,26)(H,22,23,25). The molecule has 0 bridgehead atoms. The van der Waals surface area contributed by atoms with Crippen LogP contribution in [0.4, 0.5) is 0 Å². The zero-order chi connectivity index (χ0) is 19.7. The first kappa shape index (κ1) is 18.4. The topological polar surface area (TPSA) is 98.9 Å². The van der Waals surface area contributed by atoms with E-state index in [1.807, 2.05) is 17.5 Å². The average Bonchev–Trinajstić information content (AvgIpc) is 3.22. The van der Waals surface area contributed by atoms with Gasteiger partial charge in [-0.3, -0.25) is 14.4 Å². The Labute approximate surface area is 165 Å². The summed E-state index contributed by atoms with van der Waals surface area (Å²) in [6.07, 6.45) is 1.61. The smallest absolute Gasteiger partial charge is 0.260 e. The highest BCUT2D eigenvalue weighted by Crippen LogP contribution is 2.27. The molecule has 28 heavy (non-hydrogen) atoms. The van der Waals surface area contributed by atoms with Gasteiger partial charge in [-0.25, -0.2) is 4.98 Å². The van der Waals surface area contributed by atoms with Crippen molar-refractivity contribution >= 4 is 17.2 Å². The second-order valence-electron chi connectivity index (χ2n) is 6.97. The van der Waals surface area contributed by atoms with Crippen molar-refractivity contribution in [3.8, 4) is 10.6 Å². The molecule has 2 N–H and O–H groups in total. The number of piperidine rings is 1. The molecule has 1 atom stereocenters. The number of hydrogen-bond acceptors (Lipinski definition) is 5. The third kappa shape index (κ3) is 3.68. The van der Waals surface area contributed by atoms with E-state index in [0.29, 0.717) is 30.3 Å². The monoisotopic (exact) mass is 396 g/mol. The molecule has 3 aromatic heterocycles. The summed E-state index contributed by atoms with van der Waals surface area (Å²) < 4.78 is 0. The van der Waals surface area contributed by atoms with Crippen LogP contribution in [0.3, 0.4) is 0 Å². The lowest BCUT2D eigenvalue weighted by atomic mass is 9.96. The van der Waals surface area contributed by atoms with Gasteiger partial charge in [0.15, 0.2) is 0 Å². The molecular weight excluding hydrogens is 376 g/mol. The third-order valence-electron chi connectivity index (χ3n) is 4.91. The van der Waals surface area contributed by atoms with E-state index in [1.165, 1.54) is 17.4 Å². The Balaban J connectivity index is 1.60. The van der Waals surface area contributed by atoms with Crippen molar-refractivity contribution in [3.63, 3.8) is 0 Å². The number of aromatic amines is 2. The lowest BCUT2D eigenvalue weighted by Gasteiger charge is -2.32. The van der Waals surface area contributed by atoms with Crippen LogP contribution in [-0.2, 0) is 0 Å². The minimum Gasteiger partial charge on any atom is -0.338 e. The number of rotatable bonds is 3. The summed E-state index contributed by atoms with van der Waals surface area (Å²) in [7, 11) is 0. The predicted molar refractivity (Wildman–Crippen MR) is 108 cm³/mol. The molecule has 0 aliphatic carbocycles. The molecule has 0 saturated carbocycles. The van der Waals surface area contributed by atoms with Gasteiger partial charge in [0.2, 0.25) is 0 Å². The van der Waals surface area contributed by atoms with Crippen LogP contribution >= 0.6 is 11.3 Å². The maximum atomic E-state index is 12.8. The fraction of sp³-hybridized carbons (Fsp3) is 0.300. The number of carbonyl (C=O) groups is 1. The number of pyridine rings is 1. The maximum absolute atomic E-state index is 12.8. The van der Waals surface area contributed by atoms with E-state index >= 15 is 0 Å². The van der Waals surface area contributed by atoms with Gasteiger partial charge in [0, 0.05) is 30.8 Å². The summed E-state index contributed by atoms with van der Waals surface area (Å²) in [6, 6.07) is 8.63. The third-order valence-corrected chi connectivity index (χ3v) is 5.81. The first-order valence-corrected chi connectivity index (χ1v) is 10.0. The highest BCUT2D eigenvalue weighted by molar-refractivity contribution is 7.13. The molecule has 8 heteroatoms. The zero-order valence-electron chi connectivity index (χ0n) is 15.4. The first-order chi connectivity index (χ1) is 13.5. The number of hydrogen-bond donors (Lipinski definition) is 2. The molecule has 0 radical (unpaired) electrons. The molecule has 4 heterocycles. The van der Waals surface area contributed by atoms with E-state index < -0.39 is 0 Å². The van der Waals surface area contributed by atoms with Crippen LogP contribution in [0.1, 0.15) is 40.6 Å². The van der Waals surface area contributed by atoms with Gasteiger partial charge in [-0.1, -0.05) is 6.07 Å². The van der Waals surface area contributed by atoms with E-state index in [9.17, 15) is 14.4 Å². The number of carbonyl (C=O) groups excluding carboxylic acids is 1. The van der Waals surface area contributed by atoms with Crippen LogP contribution in [0, 0.1) is 6.92 Å². The molecule has 7 nitrogen and oxygen atoms in total. The quantitative estimate of drug-likeness (QED) is 0.711. The maximum Gasteiger partial charge on any atom is 0.260 e. The summed E-state index contributed by atoms with van der Waals surface area (Å²) in [5.74, 6) is 0.226. The lowest BCUT2D eigenvalue weighted by Crippen LogP contribution is -2.41. The van der Waals surface area contributed by atoms with Crippen molar-refractivity contribution in [2.75, 3.05) is 13.1 Å². The second kappa shape index (κ2) is 7.55. The number of nitrogens with zero attached hydrogens (tertiary/aromatic N) is 2. The molecule has 1 unspecified atom stereocenters. The minimum atomic E-state index is -0.377. The van der Waals surface area contributed by atoms with E-state index in [0.717, 1.165) is 17.7 Å². The number of aromatic nitrogens is 3. The molecule has 1 aliphatic heterocycles. The van der Waals surface area contributed by atoms with E-state index in [1.54, 1.807) is 24.0 Å². The Bertz CT molecular complexity index is 1120. The predicted octanol–water partition coefficient (Wildman–Crippen LogP) is 2.51. The number of H-pyrrole nitrogens is 2. The van der Waals surface area contributed by atoms with Crippen molar-refractivity contribution in [1.29, 1.82) is 0 Å². The van der Waals surface area contributed by atoms with Crippen LogP contribution in [0.5, 0.6) is 0 Å². The molecule has 1 aliphatic rings. The Kier molecular flexibility index (Phi) is 4.95. The van der Waals surface area contributed by atoms with E-state index in [4.69, 9.17) is 0 Å². The summed E-state index contributed by atoms with van der Waals surface area (Å²) in [5.41, 5.74) is 0.919. The normalized spacial score (nSPS) is 16.9. The number of likely N-dealkylation sites (tertiary alicyclic amines) is 1. The van der Waals surface area contributed by atoms with Gasteiger partial charge >= 0.3 is 0 Å². The molecule has 144 valence electrons.